The number of nitrogens with zero attached hydrogens (tertiary/aromatic N) is 3. The maximum absolute atomic E-state index is 12.9. The number of hydrogen-bond donors (Lipinski definition) is 2. The van der Waals surface area contributed by atoms with Crippen molar-refractivity contribution in [3.63, 3.8) is 0 Å². The van der Waals surface area contributed by atoms with E-state index in [1.807, 2.05) is 45.0 Å². The van der Waals surface area contributed by atoms with Crippen LogP contribution in [0.15, 0.2) is 58.3 Å². The highest BCUT2D eigenvalue weighted by molar-refractivity contribution is 5.91. The molecular weight excluding hydrogens is 446 g/mol. The Labute approximate surface area is 202 Å². The zero-order chi connectivity index (χ0) is 24.9. The molecule has 0 bridgehead atoms. The van der Waals surface area contributed by atoms with Crippen molar-refractivity contribution in [3.05, 3.63) is 75.1 Å². The van der Waals surface area contributed by atoms with E-state index in [1.54, 1.807) is 29.0 Å². The molecule has 0 aliphatic carbocycles. The van der Waals surface area contributed by atoms with Crippen LogP contribution in [0.5, 0.6) is 5.75 Å². The monoisotopic (exact) mass is 475 g/mol. The molecule has 1 aromatic carbocycles. The first kappa shape index (κ1) is 24.0. The van der Waals surface area contributed by atoms with E-state index in [9.17, 15) is 14.4 Å². The second kappa shape index (κ2) is 10.4. The van der Waals surface area contributed by atoms with Gasteiger partial charge in [0, 0.05) is 25.0 Å². The van der Waals surface area contributed by atoms with E-state index < -0.39 is 0 Å². The molecule has 0 aliphatic rings. The lowest BCUT2D eigenvalue weighted by molar-refractivity contribution is -0.118. The Kier molecular flexibility index (Phi) is 7.14. The molecule has 4 aromatic rings. The normalized spacial score (nSPS) is 11.1. The van der Waals surface area contributed by atoms with Gasteiger partial charge in [-0.3, -0.25) is 18.7 Å². The molecule has 35 heavy (non-hydrogen) atoms. The molecule has 0 unspecified atom stereocenters. The lowest BCUT2D eigenvalue weighted by Crippen LogP contribution is -2.39. The summed E-state index contributed by atoms with van der Waals surface area (Å²) in [6.45, 7) is 6.62. The summed E-state index contributed by atoms with van der Waals surface area (Å²) in [6, 6.07) is 12.7. The van der Waals surface area contributed by atoms with E-state index >= 15 is 0 Å². The summed E-state index contributed by atoms with van der Waals surface area (Å²) in [4.78, 5) is 45.3. The van der Waals surface area contributed by atoms with Crippen LogP contribution in [0.4, 0.5) is 5.82 Å². The Balaban J connectivity index is 1.53. The first-order valence-electron chi connectivity index (χ1n) is 11.7. The van der Waals surface area contributed by atoms with Crippen molar-refractivity contribution in [1.82, 2.24) is 19.1 Å². The Morgan fingerprint density at radius 2 is 1.74 bits per heavy atom. The second-order valence-corrected chi connectivity index (χ2v) is 8.41. The number of amides is 1. The van der Waals surface area contributed by atoms with E-state index in [0.717, 1.165) is 23.2 Å². The van der Waals surface area contributed by atoms with Crippen molar-refractivity contribution >= 4 is 22.8 Å². The summed E-state index contributed by atoms with van der Waals surface area (Å²) in [5, 5.41) is 2.70. The lowest BCUT2D eigenvalue weighted by Gasteiger charge is -2.10. The largest absolute Gasteiger partial charge is 0.484 e. The van der Waals surface area contributed by atoms with E-state index in [0.29, 0.717) is 42.1 Å². The van der Waals surface area contributed by atoms with Gasteiger partial charge in [-0.25, -0.2) is 9.78 Å². The number of hydrogen-bond acceptors (Lipinski definition) is 5. The van der Waals surface area contributed by atoms with Crippen LogP contribution in [-0.2, 0) is 17.9 Å². The predicted octanol–water partition coefficient (Wildman–Crippen LogP) is 3.70. The maximum atomic E-state index is 12.9. The number of H-pyrrole nitrogens is 1. The van der Waals surface area contributed by atoms with E-state index in [4.69, 9.17) is 4.74 Å². The van der Waals surface area contributed by atoms with Crippen molar-refractivity contribution in [2.75, 3.05) is 11.9 Å². The smallest absolute Gasteiger partial charge is 0.331 e. The second-order valence-electron chi connectivity index (χ2n) is 8.41. The Hall–Kier alpha value is -4.14. The van der Waals surface area contributed by atoms with Gasteiger partial charge in [0.15, 0.2) is 6.61 Å². The van der Waals surface area contributed by atoms with Crippen molar-refractivity contribution in [1.29, 1.82) is 0 Å². The Morgan fingerprint density at radius 3 is 2.43 bits per heavy atom. The molecule has 0 atom stereocenters. The topological polar surface area (TPSA) is 111 Å². The molecule has 2 N–H and O–H groups in total. The van der Waals surface area contributed by atoms with Gasteiger partial charge in [-0.2, -0.15) is 0 Å². The van der Waals surface area contributed by atoms with Gasteiger partial charge in [-0.1, -0.05) is 13.8 Å². The highest BCUT2D eigenvalue weighted by atomic mass is 16.5. The number of benzene rings is 1. The summed E-state index contributed by atoms with van der Waals surface area (Å²) in [5.41, 5.74) is 3.00. The SMILES string of the molecule is CCCn1c(=O)c2[nH]c(-c3ccc(OCC(=O)Nc4cc(C)ccn4)cc3)cc2n(CCC)c1=O. The molecule has 0 spiro atoms. The van der Waals surface area contributed by atoms with Gasteiger partial charge in [0.2, 0.25) is 0 Å². The molecule has 3 aromatic heterocycles. The van der Waals surface area contributed by atoms with Crippen LogP contribution in [-0.4, -0.2) is 31.6 Å². The van der Waals surface area contributed by atoms with Crippen LogP contribution in [0.2, 0.25) is 0 Å². The average Bonchev–Trinajstić information content (AvgIpc) is 3.29. The minimum Gasteiger partial charge on any atom is -0.484 e. The van der Waals surface area contributed by atoms with E-state index in [2.05, 4.69) is 15.3 Å². The Morgan fingerprint density at radius 1 is 1.03 bits per heavy atom. The molecule has 182 valence electrons. The first-order valence-corrected chi connectivity index (χ1v) is 11.7. The molecule has 0 radical (unpaired) electrons. The fraction of sp³-hybridized carbons (Fsp3) is 0.308. The fourth-order valence-electron chi connectivity index (χ4n) is 3.97. The number of aromatic amines is 1. The van der Waals surface area contributed by atoms with Gasteiger partial charge in [-0.15, -0.1) is 0 Å². The number of carbonyl (C=O) groups is 1. The van der Waals surface area contributed by atoms with E-state index in [-0.39, 0.29) is 23.8 Å². The van der Waals surface area contributed by atoms with E-state index in [1.165, 1.54) is 4.57 Å². The average molecular weight is 476 g/mol. The van der Waals surface area contributed by atoms with Crippen LogP contribution in [0.3, 0.4) is 0 Å². The van der Waals surface area contributed by atoms with Crippen molar-refractivity contribution in [3.8, 4) is 17.0 Å². The number of aryl methyl sites for hydroxylation is 2. The van der Waals surface area contributed by atoms with Crippen molar-refractivity contribution in [2.24, 2.45) is 0 Å². The van der Waals surface area contributed by atoms with Crippen LogP contribution < -0.4 is 21.3 Å². The predicted molar refractivity (Wildman–Crippen MR) is 136 cm³/mol. The maximum Gasteiger partial charge on any atom is 0.331 e. The third-order valence-electron chi connectivity index (χ3n) is 5.62. The highest BCUT2D eigenvalue weighted by Crippen LogP contribution is 2.24. The van der Waals surface area contributed by atoms with Crippen LogP contribution >= 0.6 is 0 Å². The minimum absolute atomic E-state index is 0.151. The number of rotatable bonds is 9. The molecule has 9 heteroatoms. The number of fused-ring (bicyclic) bond motifs is 1. The number of nitrogens with one attached hydrogen (secondary N) is 2. The number of carbonyl (C=O) groups excluding carboxylic acids is 1. The van der Waals surface area contributed by atoms with Gasteiger partial charge >= 0.3 is 5.69 Å². The molecule has 0 saturated carbocycles. The third kappa shape index (κ3) is 5.18. The molecule has 4 rings (SSSR count). The number of anilines is 1. The summed E-state index contributed by atoms with van der Waals surface area (Å²) in [6.07, 6.45) is 3.11. The summed E-state index contributed by atoms with van der Waals surface area (Å²) >= 11 is 0. The zero-order valence-electron chi connectivity index (χ0n) is 20.1. The summed E-state index contributed by atoms with van der Waals surface area (Å²) in [7, 11) is 0. The minimum atomic E-state index is -0.306. The number of aromatic nitrogens is 4. The molecule has 0 saturated heterocycles. The quantitative estimate of drug-likeness (QED) is 0.383. The molecule has 3 heterocycles. The van der Waals surface area contributed by atoms with Gasteiger partial charge in [0.1, 0.15) is 17.1 Å². The highest BCUT2D eigenvalue weighted by Gasteiger charge is 2.16. The first-order chi connectivity index (χ1) is 16.9. The molecule has 0 aliphatic heterocycles. The van der Waals surface area contributed by atoms with Crippen molar-refractivity contribution < 1.29 is 9.53 Å². The number of ether oxygens (including phenoxy) is 1. The van der Waals surface area contributed by atoms with Gasteiger partial charge in [0.05, 0.1) is 5.52 Å². The third-order valence-corrected chi connectivity index (χ3v) is 5.62. The lowest BCUT2D eigenvalue weighted by atomic mass is 10.1. The van der Waals surface area contributed by atoms with Crippen LogP contribution in [0.25, 0.3) is 22.3 Å². The fourth-order valence-corrected chi connectivity index (χ4v) is 3.97. The van der Waals surface area contributed by atoms with Crippen molar-refractivity contribution in [2.45, 2.75) is 46.7 Å². The summed E-state index contributed by atoms with van der Waals surface area (Å²) < 4.78 is 8.56. The Bertz CT molecular complexity index is 1460. The zero-order valence-corrected chi connectivity index (χ0v) is 20.1. The summed E-state index contributed by atoms with van der Waals surface area (Å²) in [5.74, 6) is 0.706. The standard InChI is InChI=1S/C26H29N5O4/c1-4-12-30-21-15-20(28-24(21)25(33)31(13-5-2)26(30)34)18-6-8-19(9-7-18)35-16-23(32)29-22-14-17(3)10-11-27-22/h6-11,14-15,28H,4-5,12-13,16H2,1-3H3,(H,27,29,32). The molecule has 0 fully saturated rings. The van der Waals surface area contributed by atoms with Gasteiger partial charge in [0.25, 0.3) is 11.5 Å². The molecule has 9 nitrogen and oxygen atoms in total. The van der Waals surface area contributed by atoms with Crippen LogP contribution in [0.1, 0.15) is 32.3 Å². The van der Waals surface area contributed by atoms with Gasteiger partial charge in [-0.05, 0) is 73.4 Å². The van der Waals surface area contributed by atoms with Gasteiger partial charge < -0.3 is 15.0 Å². The number of pyridine rings is 1. The molecule has 1 amide bonds. The van der Waals surface area contributed by atoms with Crippen LogP contribution in [0, 0.1) is 6.92 Å². The molecular formula is C26H29N5O4.